The Hall–Kier alpha value is -1.07. The number of thiophene rings is 1. The molecule has 1 saturated heterocycles. The number of carbonyl (C=O) groups excluding carboxylic acids is 1. The smallest absolute Gasteiger partial charge is 0.237 e. The molecule has 24 heavy (non-hydrogen) atoms. The van der Waals surface area contributed by atoms with Gasteiger partial charge < -0.3 is 4.90 Å². The van der Waals surface area contributed by atoms with Crippen molar-refractivity contribution in [2.75, 3.05) is 20.1 Å². The summed E-state index contributed by atoms with van der Waals surface area (Å²) in [6.07, 6.45) is 1.99. The summed E-state index contributed by atoms with van der Waals surface area (Å²) in [4.78, 5) is 18.1. The Morgan fingerprint density at radius 3 is 2.88 bits per heavy atom. The van der Waals surface area contributed by atoms with Gasteiger partial charge in [0.25, 0.3) is 0 Å². The van der Waals surface area contributed by atoms with Gasteiger partial charge in [-0.05, 0) is 49.0 Å². The second-order valence-electron chi connectivity index (χ2n) is 6.17. The van der Waals surface area contributed by atoms with Crippen LogP contribution in [0.15, 0.2) is 35.7 Å². The van der Waals surface area contributed by atoms with E-state index in [2.05, 4.69) is 16.3 Å². The maximum absolute atomic E-state index is 12.7. The van der Waals surface area contributed by atoms with Crippen LogP contribution in [-0.2, 0) is 11.3 Å². The van der Waals surface area contributed by atoms with Gasteiger partial charge in [0.2, 0.25) is 5.91 Å². The molecule has 0 N–H and O–H groups in total. The molecule has 1 aromatic carbocycles. The third-order valence-electron chi connectivity index (χ3n) is 4.31. The molecule has 0 unspecified atom stereocenters. The first-order chi connectivity index (χ1) is 11.5. The first-order valence-corrected chi connectivity index (χ1v) is 9.63. The van der Waals surface area contributed by atoms with Crippen LogP contribution in [-0.4, -0.2) is 35.8 Å². The van der Waals surface area contributed by atoms with Gasteiger partial charge in [0.15, 0.2) is 0 Å². The largest absolute Gasteiger partial charge is 0.335 e. The van der Waals surface area contributed by atoms with Crippen molar-refractivity contribution < 1.29 is 4.79 Å². The molecule has 1 aromatic heterocycles. The van der Waals surface area contributed by atoms with E-state index in [1.54, 1.807) is 11.3 Å². The molecule has 0 saturated carbocycles. The van der Waals surface area contributed by atoms with E-state index in [0.717, 1.165) is 31.5 Å². The van der Waals surface area contributed by atoms with Gasteiger partial charge in [-0.1, -0.05) is 35.3 Å². The first-order valence-electron chi connectivity index (χ1n) is 8.00. The molecule has 0 spiro atoms. The summed E-state index contributed by atoms with van der Waals surface area (Å²) < 4.78 is 0. The fraction of sp³-hybridized carbons (Fsp3) is 0.389. The highest BCUT2D eigenvalue weighted by molar-refractivity contribution is 7.09. The molecule has 6 heteroatoms. The molecule has 2 heterocycles. The van der Waals surface area contributed by atoms with Crippen LogP contribution in [0.2, 0.25) is 10.0 Å². The van der Waals surface area contributed by atoms with Gasteiger partial charge in [0.05, 0.1) is 22.6 Å². The van der Waals surface area contributed by atoms with Crippen LogP contribution in [0.25, 0.3) is 0 Å². The van der Waals surface area contributed by atoms with Crippen LogP contribution in [0, 0.1) is 0 Å². The van der Waals surface area contributed by atoms with E-state index in [1.165, 1.54) is 4.88 Å². The number of benzene rings is 1. The summed E-state index contributed by atoms with van der Waals surface area (Å²) in [6.45, 7) is 2.03. The number of likely N-dealkylation sites (tertiary alicyclic amines) is 1. The van der Waals surface area contributed by atoms with Crippen molar-refractivity contribution in [2.24, 2.45) is 0 Å². The van der Waals surface area contributed by atoms with Crippen LogP contribution < -0.4 is 0 Å². The molecule has 0 bridgehead atoms. The van der Waals surface area contributed by atoms with Crippen LogP contribution in [0.3, 0.4) is 0 Å². The molecule has 3 rings (SSSR count). The van der Waals surface area contributed by atoms with Crippen molar-refractivity contribution in [3.63, 3.8) is 0 Å². The van der Waals surface area contributed by atoms with Crippen LogP contribution in [0.5, 0.6) is 0 Å². The van der Waals surface area contributed by atoms with Crippen molar-refractivity contribution in [3.8, 4) is 0 Å². The average Bonchev–Trinajstić information content (AvgIpc) is 3.21. The van der Waals surface area contributed by atoms with Gasteiger partial charge >= 0.3 is 0 Å². The Morgan fingerprint density at radius 2 is 2.17 bits per heavy atom. The van der Waals surface area contributed by atoms with Crippen LogP contribution in [0.1, 0.15) is 29.3 Å². The summed E-state index contributed by atoms with van der Waals surface area (Å²) in [5.74, 6) is 0.169. The quantitative estimate of drug-likeness (QED) is 0.737. The second-order valence-corrected chi connectivity index (χ2v) is 8.02. The molecule has 0 radical (unpaired) electrons. The number of hydrogen-bond acceptors (Lipinski definition) is 3. The molecule has 3 nitrogen and oxygen atoms in total. The van der Waals surface area contributed by atoms with E-state index in [0.29, 0.717) is 16.6 Å². The number of amides is 1. The Bertz CT molecular complexity index is 705. The highest BCUT2D eigenvalue weighted by atomic mass is 35.5. The normalized spacial score (nSPS) is 17.7. The predicted octanol–water partition coefficient (Wildman–Crippen LogP) is 4.85. The lowest BCUT2D eigenvalue weighted by Crippen LogP contribution is -2.38. The molecule has 1 fully saturated rings. The maximum atomic E-state index is 12.7. The molecule has 1 aliphatic heterocycles. The standard InChI is InChI=1S/C18H20Cl2N2OS/c1-21(11-14-4-3-9-24-14)12-18(23)22-8-2-5-17(22)13-6-7-15(19)16(20)10-13/h3-4,6-7,9-10,17H,2,5,8,11-12H2,1H3/t17-/m1/s1. The van der Waals surface area contributed by atoms with Crippen molar-refractivity contribution in [1.29, 1.82) is 0 Å². The summed E-state index contributed by atoms with van der Waals surface area (Å²) >= 11 is 13.9. The Labute approximate surface area is 156 Å². The van der Waals surface area contributed by atoms with Crippen molar-refractivity contribution in [1.82, 2.24) is 9.80 Å². The van der Waals surface area contributed by atoms with Crippen molar-refractivity contribution in [2.45, 2.75) is 25.4 Å². The van der Waals surface area contributed by atoms with Gasteiger partial charge in [-0.3, -0.25) is 9.69 Å². The zero-order valence-electron chi connectivity index (χ0n) is 13.5. The zero-order chi connectivity index (χ0) is 17.1. The van der Waals surface area contributed by atoms with Crippen LogP contribution >= 0.6 is 34.5 Å². The fourth-order valence-electron chi connectivity index (χ4n) is 3.18. The minimum atomic E-state index is 0.0994. The maximum Gasteiger partial charge on any atom is 0.237 e. The summed E-state index contributed by atoms with van der Waals surface area (Å²) in [5.41, 5.74) is 1.07. The molecule has 1 amide bonds. The molecule has 1 atom stereocenters. The summed E-state index contributed by atoms with van der Waals surface area (Å²) in [7, 11) is 1.99. The number of nitrogens with zero attached hydrogens (tertiary/aromatic N) is 2. The Morgan fingerprint density at radius 1 is 1.33 bits per heavy atom. The van der Waals surface area contributed by atoms with Gasteiger partial charge in [-0.15, -0.1) is 11.3 Å². The molecular formula is C18H20Cl2N2OS. The number of hydrogen-bond donors (Lipinski definition) is 0. The monoisotopic (exact) mass is 382 g/mol. The molecular weight excluding hydrogens is 363 g/mol. The van der Waals surface area contributed by atoms with E-state index < -0.39 is 0 Å². The van der Waals surface area contributed by atoms with Gasteiger partial charge in [-0.25, -0.2) is 0 Å². The minimum Gasteiger partial charge on any atom is -0.335 e. The average molecular weight is 383 g/mol. The van der Waals surface area contributed by atoms with E-state index >= 15 is 0 Å². The van der Waals surface area contributed by atoms with Crippen molar-refractivity contribution >= 4 is 40.4 Å². The third-order valence-corrected chi connectivity index (χ3v) is 5.91. The molecule has 0 aliphatic carbocycles. The van der Waals surface area contributed by atoms with Gasteiger partial charge in [0.1, 0.15) is 0 Å². The third kappa shape index (κ3) is 4.12. The molecule has 1 aliphatic rings. The van der Waals surface area contributed by atoms with E-state index in [9.17, 15) is 4.79 Å². The lowest BCUT2D eigenvalue weighted by Gasteiger charge is -2.27. The summed E-state index contributed by atoms with van der Waals surface area (Å²) in [6, 6.07) is 9.90. The zero-order valence-corrected chi connectivity index (χ0v) is 15.9. The minimum absolute atomic E-state index is 0.0994. The Kier molecular flexibility index (Phi) is 5.82. The first kappa shape index (κ1) is 17.7. The predicted molar refractivity (Wildman–Crippen MR) is 101 cm³/mol. The van der Waals surface area contributed by atoms with Crippen LogP contribution in [0.4, 0.5) is 0 Å². The fourth-order valence-corrected chi connectivity index (χ4v) is 4.27. The lowest BCUT2D eigenvalue weighted by atomic mass is 10.0. The highest BCUT2D eigenvalue weighted by Gasteiger charge is 2.30. The number of likely N-dealkylation sites (N-methyl/N-ethyl adjacent to an activating group) is 1. The van der Waals surface area contributed by atoms with Gasteiger partial charge in [-0.2, -0.15) is 0 Å². The molecule has 128 valence electrons. The van der Waals surface area contributed by atoms with E-state index in [4.69, 9.17) is 23.2 Å². The SMILES string of the molecule is CN(CC(=O)N1CCC[C@@H]1c1ccc(Cl)c(Cl)c1)Cc1cccs1. The van der Waals surface area contributed by atoms with Crippen molar-refractivity contribution in [3.05, 3.63) is 56.2 Å². The van der Waals surface area contributed by atoms with Gasteiger partial charge in [0, 0.05) is 18.0 Å². The topological polar surface area (TPSA) is 23.6 Å². The van der Waals surface area contributed by atoms with E-state index in [-0.39, 0.29) is 11.9 Å². The number of carbonyl (C=O) groups is 1. The Balaban J connectivity index is 1.65. The highest BCUT2D eigenvalue weighted by Crippen LogP contribution is 2.35. The second kappa shape index (κ2) is 7.87. The lowest BCUT2D eigenvalue weighted by molar-refractivity contribution is -0.133. The number of rotatable bonds is 5. The molecule has 2 aromatic rings. The summed E-state index contributed by atoms with van der Waals surface area (Å²) in [5, 5.41) is 3.15. The number of halogens is 2. The van der Waals surface area contributed by atoms with E-state index in [1.807, 2.05) is 36.2 Å².